The van der Waals surface area contributed by atoms with E-state index in [-0.39, 0.29) is 25.3 Å². The van der Waals surface area contributed by atoms with Crippen LogP contribution < -0.4 is 24.2 Å². The van der Waals surface area contributed by atoms with Crippen LogP contribution in [0.3, 0.4) is 0 Å². The molecule has 288 valence electrons. The molecule has 3 fully saturated rings. The number of benzene rings is 2. The fourth-order valence-corrected chi connectivity index (χ4v) is 8.41. The van der Waals surface area contributed by atoms with Crippen LogP contribution in [0.25, 0.3) is 22.0 Å². The summed E-state index contributed by atoms with van der Waals surface area (Å²) in [5.41, 5.74) is -0.652. The fourth-order valence-electron chi connectivity index (χ4n) is 7.05. The van der Waals surface area contributed by atoms with E-state index in [2.05, 4.69) is 14.8 Å². The second-order valence-electron chi connectivity index (χ2n) is 14.2. The Morgan fingerprint density at radius 1 is 1.06 bits per heavy atom. The van der Waals surface area contributed by atoms with Crippen LogP contribution in [0.5, 0.6) is 17.4 Å². The lowest BCUT2D eigenvalue weighted by atomic mass is 10.1. The van der Waals surface area contributed by atoms with Crippen LogP contribution in [0, 0.1) is 5.92 Å². The molecule has 0 spiro atoms. The van der Waals surface area contributed by atoms with Crippen LogP contribution in [0.2, 0.25) is 0 Å². The number of rotatable bonds is 8. The molecule has 4 aliphatic rings. The number of pyridine rings is 1. The largest absolute Gasteiger partial charge is 0.573 e. The topological polar surface area (TPSA) is 156 Å². The quantitative estimate of drug-likeness (QED) is 0.304. The van der Waals surface area contributed by atoms with Gasteiger partial charge in [-0.05, 0) is 92.4 Å². The van der Waals surface area contributed by atoms with Gasteiger partial charge in [0.05, 0.1) is 24.6 Å². The molecule has 1 aromatic heterocycles. The first-order valence-corrected chi connectivity index (χ1v) is 19.3. The number of nitrogens with zero attached hydrogens (tertiary/aromatic N) is 3. The molecule has 0 bridgehead atoms. The predicted octanol–water partition coefficient (Wildman–Crippen LogP) is 4.91. The van der Waals surface area contributed by atoms with Gasteiger partial charge in [0, 0.05) is 36.9 Å². The SMILES string of the molecule is COc1ccc2c(OC3CC4C(=O)NC5(C(=O)NS(=O)(=O)C6CC6)CC5/C=C/CCCCN(C)C(=O)N4C3)nc(-c3ccc(OC(F)(F)F)cc3)cc2c1. The Bertz CT molecular complexity index is 2090. The molecule has 2 N–H and O–H groups in total. The lowest BCUT2D eigenvalue weighted by molar-refractivity contribution is -0.274. The zero-order valence-electron chi connectivity index (χ0n) is 29.6. The number of halogens is 3. The fraction of sp³-hybridized carbons (Fsp3) is 0.459. The number of sulfonamides is 1. The lowest BCUT2D eigenvalue weighted by Gasteiger charge is -2.30. The smallest absolute Gasteiger partial charge is 0.497 e. The number of alkyl halides is 3. The Balaban J connectivity index is 1.19. The van der Waals surface area contributed by atoms with Crippen LogP contribution in [-0.4, -0.2) is 97.6 Å². The number of carbonyl (C=O) groups is 3. The second kappa shape index (κ2) is 14.3. The molecular formula is C37H40F3N5O8S. The zero-order chi connectivity index (χ0) is 38.4. The van der Waals surface area contributed by atoms with Gasteiger partial charge in [-0.25, -0.2) is 18.2 Å². The van der Waals surface area contributed by atoms with Gasteiger partial charge in [-0.2, -0.15) is 0 Å². The van der Waals surface area contributed by atoms with Crippen LogP contribution >= 0.6 is 0 Å². The van der Waals surface area contributed by atoms with Crippen molar-refractivity contribution < 1.29 is 50.2 Å². The molecule has 3 heterocycles. The maximum Gasteiger partial charge on any atom is 0.573 e. The number of hydrogen-bond acceptors (Lipinski definition) is 9. The molecular weight excluding hydrogens is 731 g/mol. The summed E-state index contributed by atoms with van der Waals surface area (Å²) in [6, 6.07) is 10.7. The molecule has 4 unspecified atom stereocenters. The van der Waals surface area contributed by atoms with E-state index in [0.717, 1.165) is 6.42 Å². The second-order valence-corrected chi connectivity index (χ2v) is 16.2. The van der Waals surface area contributed by atoms with Gasteiger partial charge >= 0.3 is 12.4 Å². The van der Waals surface area contributed by atoms with E-state index in [1.165, 1.54) is 41.2 Å². The molecule has 2 saturated carbocycles. The number of carbonyl (C=O) groups excluding carboxylic acids is 3. The first-order valence-electron chi connectivity index (χ1n) is 17.7. The molecule has 4 atom stereocenters. The van der Waals surface area contributed by atoms with Crippen molar-refractivity contribution in [1.82, 2.24) is 24.8 Å². The summed E-state index contributed by atoms with van der Waals surface area (Å²) < 4.78 is 82.0. The monoisotopic (exact) mass is 771 g/mol. The highest BCUT2D eigenvalue weighted by Crippen LogP contribution is 2.46. The van der Waals surface area contributed by atoms with Crippen molar-refractivity contribution in [2.45, 2.75) is 74.2 Å². The van der Waals surface area contributed by atoms with Crippen molar-refractivity contribution >= 4 is 38.6 Å². The van der Waals surface area contributed by atoms with Crippen molar-refractivity contribution in [3.63, 3.8) is 0 Å². The Morgan fingerprint density at radius 3 is 2.50 bits per heavy atom. The number of fused-ring (bicyclic) bond motifs is 3. The highest BCUT2D eigenvalue weighted by molar-refractivity contribution is 7.91. The zero-order valence-corrected chi connectivity index (χ0v) is 30.4. The Morgan fingerprint density at radius 2 is 1.80 bits per heavy atom. The average molecular weight is 772 g/mol. The van der Waals surface area contributed by atoms with E-state index >= 15 is 0 Å². The number of urea groups is 1. The van der Waals surface area contributed by atoms with Crippen molar-refractivity contribution in [2.75, 3.05) is 27.2 Å². The molecule has 2 aromatic carbocycles. The standard InChI is InChI=1S/C37H40F3N5O8S/c1-44-16-6-4-3-5-7-24-20-36(24,34(47)43-54(49,50)28-13-14-28)42-32(46)31-19-27(21-45(31)35(44)48)52-33-29-15-12-26(51-2)17-23(29)18-30(41-33)22-8-10-25(11-9-22)53-37(38,39)40/h5,7-12,15,17-18,24,27-28,31H,3-4,6,13-14,16,19-21H2,1-2H3,(H,42,46)(H,43,47)/b7-5+. The third kappa shape index (κ3) is 7.91. The van der Waals surface area contributed by atoms with E-state index < -0.39 is 68.8 Å². The average Bonchev–Trinajstić information content (AvgIpc) is 4.05. The van der Waals surface area contributed by atoms with Gasteiger partial charge in [-0.15, -0.1) is 13.2 Å². The number of methoxy groups -OCH3 is 1. The van der Waals surface area contributed by atoms with Gasteiger partial charge in [0.2, 0.25) is 21.8 Å². The van der Waals surface area contributed by atoms with Gasteiger partial charge in [0.1, 0.15) is 29.2 Å². The summed E-state index contributed by atoms with van der Waals surface area (Å²) in [7, 11) is -0.728. The highest BCUT2D eigenvalue weighted by Gasteiger charge is 2.62. The summed E-state index contributed by atoms with van der Waals surface area (Å²) in [4.78, 5) is 49.3. The van der Waals surface area contributed by atoms with Crippen molar-refractivity contribution in [1.29, 1.82) is 0 Å². The Hall–Kier alpha value is -5.06. The number of aromatic nitrogens is 1. The predicted molar refractivity (Wildman–Crippen MR) is 190 cm³/mol. The lowest BCUT2D eigenvalue weighted by Crippen LogP contribution is -2.57. The summed E-state index contributed by atoms with van der Waals surface area (Å²) >= 11 is 0. The molecule has 17 heteroatoms. The molecule has 7 rings (SSSR count). The van der Waals surface area contributed by atoms with Crippen molar-refractivity contribution in [3.05, 3.63) is 60.7 Å². The third-order valence-electron chi connectivity index (χ3n) is 10.2. The molecule has 3 aromatic rings. The van der Waals surface area contributed by atoms with E-state index in [0.29, 0.717) is 60.0 Å². The van der Waals surface area contributed by atoms with E-state index in [1.807, 2.05) is 12.2 Å². The van der Waals surface area contributed by atoms with E-state index in [9.17, 15) is 36.0 Å². The van der Waals surface area contributed by atoms with E-state index in [4.69, 9.17) is 14.5 Å². The maximum absolute atomic E-state index is 14.2. The van der Waals surface area contributed by atoms with E-state index in [1.54, 1.807) is 31.3 Å². The number of amides is 4. The summed E-state index contributed by atoms with van der Waals surface area (Å²) in [6.07, 6.45) is 1.48. The van der Waals surface area contributed by atoms with Gasteiger partial charge in [-0.1, -0.05) is 12.2 Å². The summed E-state index contributed by atoms with van der Waals surface area (Å²) in [5.74, 6) is -1.54. The Kier molecular flexibility index (Phi) is 9.87. The first kappa shape index (κ1) is 37.3. The van der Waals surface area contributed by atoms with Crippen LogP contribution in [0.4, 0.5) is 18.0 Å². The van der Waals surface area contributed by atoms with Crippen LogP contribution in [-0.2, 0) is 19.6 Å². The van der Waals surface area contributed by atoms with Gasteiger partial charge in [-0.3, -0.25) is 14.3 Å². The van der Waals surface area contributed by atoms with Gasteiger partial charge in [0.25, 0.3) is 5.91 Å². The first-order chi connectivity index (χ1) is 25.7. The molecule has 54 heavy (non-hydrogen) atoms. The molecule has 2 aliphatic heterocycles. The molecule has 0 radical (unpaired) electrons. The summed E-state index contributed by atoms with van der Waals surface area (Å²) in [6.45, 7) is 0.438. The van der Waals surface area contributed by atoms with Crippen LogP contribution in [0.1, 0.15) is 44.9 Å². The van der Waals surface area contributed by atoms with Gasteiger partial charge in [0.15, 0.2) is 0 Å². The molecule has 13 nitrogen and oxygen atoms in total. The number of allylic oxidation sites excluding steroid dienone is 1. The minimum Gasteiger partial charge on any atom is -0.497 e. The minimum absolute atomic E-state index is 0.00706. The minimum atomic E-state index is -4.85. The maximum atomic E-state index is 14.2. The number of hydrogen-bond donors (Lipinski definition) is 2. The van der Waals surface area contributed by atoms with Gasteiger partial charge < -0.3 is 29.3 Å². The van der Waals surface area contributed by atoms with Crippen molar-refractivity contribution in [2.24, 2.45) is 5.92 Å². The highest BCUT2D eigenvalue weighted by atomic mass is 32.2. The van der Waals surface area contributed by atoms with Crippen LogP contribution in [0.15, 0.2) is 60.7 Å². The van der Waals surface area contributed by atoms with Crippen molar-refractivity contribution in [3.8, 4) is 28.6 Å². The molecule has 1 saturated heterocycles. The number of nitrogens with one attached hydrogen (secondary N) is 2. The molecule has 4 amide bonds. The molecule has 2 aliphatic carbocycles. The normalized spacial score (nSPS) is 25.5. The third-order valence-corrected chi connectivity index (χ3v) is 12.1. The summed E-state index contributed by atoms with van der Waals surface area (Å²) in [5, 5.41) is 3.44. The Labute approximate surface area is 309 Å². The number of ether oxygens (including phenoxy) is 3.